The number of amides is 1. The van der Waals surface area contributed by atoms with Crippen LogP contribution >= 0.6 is 23.7 Å². The summed E-state index contributed by atoms with van der Waals surface area (Å²) in [6.07, 6.45) is -0.356. The van der Waals surface area contributed by atoms with E-state index in [0.29, 0.717) is 36.9 Å². The average molecular weight is 597 g/mol. The van der Waals surface area contributed by atoms with Gasteiger partial charge in [-0.2, -0.15) is 4.31 Å². The molecule has 0 saturated carbocycles. The third-order valence-corrected chi connectivity index (χ3v) is 9.61. The number of sulfonamides is 1. The summed E-state index contributed by atoms with van der Waals surface area (Å²) in [5.41, 5.74) is 1.20. The monoisotopic (exact) mass is 596 g/mol. The van der Waals surface area contributed by atoms with Gasteiger partial charge in [-0.15, -0.1) is 12.4 Å². The van der Waals surface area contributed by atoms with Gasteiger partial charge in [0.25, 0.3) is 5.91 Å². The van der Waals surface area contributed by atoms with Gasteiger partial charge in [0.15, 0.2) is 5.13 Å². The number of nitrogens with zero attached hydrogens (tertiary/aromatic N) is 4. The van der Waals surface area contributed by atoms with Gasteiger partial charge in [-0.3, -0.25) is 9.69 Å². The van der Waals surface area contributed by atoms with Gasteiger partial charge < -0.3 is 14.4 Å². The number of aromatic nitrogens is 1. The van der Waals surface area contributed by atoms with E-state index in [2.05, 4.69) is 18.7 Å². The summed E-state index contributed by atoms with van der Waals surface area (Å²) < 4.78 is 39.9. The number of hydrogen-bond acceptors (Lipinski definition) is 8. The van der Waals surface area contributed by atoms with Crippen LogP contribution in [-0.2, 0) is 14.8 Å². The number of morpholine rings is 1. The van der Waals surface area contributed by atoms with Gasteiger partial charge in [-0.05, 0) is 69.4 Å². The second-order valence-corrected chi connectivity index (χ2v) is 12.4. The van der Waals surface area contributed by atoms with Crippen LogP contribution in [0, 0.1) is 0 Å². The van der Waals surface area contributed by atoms with Crippen molar-refractivity contribution in [1.82, 2.24) is 14.2 Å². The van der Waals surface area contributed by atoms with Crippen molar-refractivity contribution < 1.29 is 22.7 Å². The van der Waals surface area contributed by atoms with Crippen LogP contribution in [0.1, 0.15) is 38.1 Å². The van der Waals surface area contributed by atoms with Crippen LogP contribution in [0.15, 0.2) is 47.4 Å². The predicted molar refractivity (Wildman–Crippen MR) is 158 cm³/mol. The summed E-state index contributed by atoms with van der Waals surface area (Å²) in [4.78, 5) is 22.6. The average Bonchev–Trinajstić information content (AvgIpc) is 3.33. The molecule has 39 heavy (non-hydrogen) atoms. The van der Waals surface area contributed by atoms with Crippen LogP contribution < -0.4 is 9.64 Å². The van der Waals surface area contributed by atoms with Gasteiger partial charge in [0.2, 0.25) is 10.0 Å². The van der Waals surface area contributed by atoms with Gasteiger partial charge >= 0.3 is 0 Å². The van der Waals surface area contributed by atoms with E-state index >= 15 is 0 Å². The number of carbonyl (C=O) groups excluding carboxylic acids is 1. The van der Waals surface area contributed by atoms with E-state index in [9.17, 15) is 13.2 Å². The minimum atomic E-state index is -3.70. The molecule has 3 aromatic rings. The molecule has 2 atom stereocenters. The highest BCUT2D eigenvalue weighted by Crippen LogP contribution is 2.32. The molecule has 0 aliphatic carbocycles. The van der Waals surface area contributed by atoms with E-state index < -0.39 is 10.0 Å². The molecule has 0 radical (unpaired) electrons. The summed E-state index contributed by atoms with van der Waals surface area (Å²) in [7, 11) is -2.08. The van der Waals surface area contributed by atoms with E-state index in [-0.39, 0.29) is 35.4 Å². The predicted octanol–water partition coefficient (Wildman–Crippen LogP) is 4.51. The van der Waals surface area contributed by atoms with Crippen LogP contribution in [0.2, 0.25) is 0 Å². The Labute approximate surface area is 241 Å². The molecule has 0 N–H and O–H groups in total. The standard InChI is InChI=1S/C27H36N4O5S2.ClH/c1-6-29(7-2)14-15-31(27-28-24-13-10-22(35-5)16-25(24)37-27)26(32)21-8-11-23(12-9-21)38(33,34)30-17-19(3)36-20(4)18-30;/h8-13,16,19-20H,6-7,14-15,17-18H2,1-5H3;1H. The summed E-state index contributed by atoms with van der Waals surface area (Å²) in [6.45, 7) is 11.4. The first-order chi connectivity index (χ1) is 18.2. The largest absolute Gasteiger partial charge is 0.497 e. The maximum Gasteiger partial charge on any atom is 0.260 e. The Bertz CT molecular complexity index is 1350. The van der Waals surface area contributed by atoms with Crippen molar-refractivity contribution in [1.29, 1.82) is 0 Å². The molecule has 1 aliphatic rings. The number of rotatable bonds is 10. The second-order valence-electron chi connectivity index (χ2n) is 9.42. The van der Waals surface area contributed by atoms with Crippen molar-refractivity contribution in [3.05, 3.63) is 48.0 Å². The molecule has 4 rings (SSSR count). The molecule has 1 saturated heterocycles. The molecule has 9 nitrogen and oxygen atoms in total. The van der Waals surface area contributed by atoms with Gasteiger partial charge in [0.05, 0.1) is 34.4 Å². The van der Waals surface area contributed by atoms with E-state index in [4.69, 9.17) is 14.5 Å². The van der Waals surface area contributed by atoms with Crippen molar-refractivity contribution in [2.45, 2.75) is 44.8 Å². The van der Waals surface area contributed by atoms with Gasteiger partial charge in [0.1, 0.15) is 5.75 Å². The number of fused-ring (bicyclic) bond motifs is 1. The number of ether oxygens (including phenoxy) is 2. The molecular formula is C27H37ClN4O5S2. The topological polar surface area (TPSA) is 92.3 Å². The first-order valence-corrected chi connectivity index (χ1v) is 15.2. The van der Waals surface area contributed by atoms with Crippen LogP contribution in [0.3, 0.4) is 0 Å². The van der Waals surface area contributed by atoms with E-state index in [1.54, 1.807) is 24.1 Å². The lowest BCUT2D eigenvalue weighted by atomic mass is 10.2. The maximum absolute atomic E-state index is 13.8. The highest BCUT2D eigenvalue weighted by atomic mass is 35.5. The van der Waals surface area contributed by atoms with Crippen molar-refractivity contribution in [2.75, 3.05) is 51.3 Å². The fourth-order valence-electron chi connectivity index (χ4n) is 4.60. The summed E-state index contributed by atoms with van der Waals surface area (Å²) in [5, 5.41) is 0.596. The molecule has 1 amide bonds. The Morgan fingerprint density at radius 3 is 2.31 bits per heavy atom. The van der Waals surface area contributed by atoms with Crippen molar-refractivity contribution in [2.24, 2.45) is 0 Å². The van der Waals surface area contributed by atoms with Crippen molar-refractivity contribution >= 4 is 55.0 Å². The van der Waals surface area contributed by atoms with Crippen LogP contribution in [0.5, 0.6) is 5.75 Å². The Morgan fingerprint density at radius 2 is 1.72 bits per heavy atom. The normalized spacial score (nSPS) is 18.2. The molecular weight excluding hydrogens is 560 g/mol. The van der Waals surface area contributed by atoms with Crippen molar-refractivity contribution in [3.8, 4) is 5.75 Å². The Kier molecular flexibility index (Phi) is 10.7. The zero-order valence-electron chi connectivity index (χ0n) is 23.0. The Morgan fingerprint density at radius 1 is 1.08 bits per heavy atom. The summed E-state index contributed by atoms with van der Waals surface area (Å²) in [5.74, 6) is 0.510. The van der Waals surface area contributed by atoms with Crippen molar-refractivity contribution in [3.63, 3.8) is 0 Å². The number of anilines is 1. The third kappa shape index (κ3) is 7.08. The summed E-state index contributed by atoms with van der Waals surface area (Å²) >= 11 is 1.43. The fraction of sp³-hybridized carbons (Fsp3) is 0.481. The number of likely N-dealkylation sites (N-methyl/N-ethyl adjacent to an activating group) is 1. The lowest BCUT2D eigenvalue weighted by molar-refractivity contribution is -0.0440. The molecule has 1 fully saturated rings. The van der Waals surface area contributed by atoms with E-state index in [1.807, 2.05) is 32.0 Å². The van der Waals surface area contributed by atoms with Gasteiger partial charge in [-0.1, -0.05) is 25.2 Å². The number of thiazole rings is 1. The lowest BCUT2D eigenvalue weighted by Crippen LogP contribution is -2.48. The number of methoxy groups -OCH3 is 1. The van der Waals surface area contributed by atoms with Crippen LogP contribution in [0.25, 0.3) is 10.2 Å². The highest BCUT2D eigenvalue weighted by molar-refractivity contribution is 7.89. The second kappa shape index (κ2) is 13.4. The molecule has 0 spiro atoms. The third-order valence-electron chi connectivity index (χ3n) is 6.72. The number of halogens is 1. The number of hydrogen-bond donors (Lipinski definition) is 0. The van der Waals surface area contributed by atoms with Gasteiger partial charge in [-0.25, -0.2) is 13.4 Å². The minimum Gasteiger partial charge on any atom is -0.497 e. The zero-order chi connectivity index (χ0) is 27.4. The SMILES string of the molecule is CCN(CC)CCN(C(=O)c1ccc(S(=O)(=O)N2CC(C)OC(C)C2)cc1)c1nc2ccc(OC)cc2s1.Cl. The molecule has 12 heteroatoms. The smallest absolute Gasteiger partial charge is 0.260 e. The molecule has 2 heterocycles. The van der Waals surface area contributed by atoms with Gasteiger partial charge in [0, 0.05) is 31.7 Å². The first kappa shape index (κ1) is 31.3. The van der Waals surface area contributed by atoms with Crippen LogP contribution in [-0.4, -0.2) is 87.1 Å². The van der Waals surface area contributed by atoms with E-state index in [1.165, 1.54) is 27.8 Å². The summed E-state index contributed by atoms with van der Waals surface area (Å²) in [6, 6.07) is 11.8. The molecule has 2 unspecified atom stereocenters. The minimum absolute atomic E-state index is 0. The quantitative estimate of drug-likeness (QED) is 0.340. The fourth-order valence-corrected chi connectivity index (χ4v) is 7.21. The lowest BCUT2D eigenvalue weighted by Gasteiger charge is -2.34. The van der Waals surface area contributed by atoms with Crippen LogP contribution in [0.4, 0.5) is 5.13 Å². The van der Waals surface area contributed by atoms with E-state index in [0.717, 1.165) is 29.1 Å². The Balaban J connectivity index is 0.00000420. The zero-order valence-corrected chi connectivity index (χ0v) is 25.4. The molecule has 1 aromatic heterocycles. The highest BCUT2D eigenvalue weighted by Gasteiger charge is 2.32. The maximum atomic E-state index is 13.8. The first-order valence-electron chi connectivity index (χ1n) is 12.9. The molecule has 0 bridgehead atoms. The number of carbonyl (C=O) groups is 1. The molecule has 214 valence electrons. The number of benzene rings is 2. The molecule has 1 aliphatic heterocycles. The Hall–Kier alpha value is -2.28. The molecule has 2 aromatic carbocycles.